The van der Waals surface area contributed by atoms with Crippen LogP contribution in [0.4, 0.5) is 5.69 Å². The zero-order valence-electron chi connectivity index (χ0n) is 18.5. The lowest BCUT2D eigenvalue weighted by atomic mass is 10.1. The normalized spacial score (nSPS) is 11.9. The minimum atomic E-state index is -3.64. The molecule has 31 heavy (non-hydrogen) atoms. The molecule has 0 aliphatic rings. The lowest BCUT2D eigenvalue weighted by Crippen LogP contribution is -2.40. The number of sulfonamides is 1. The molecule has 0 radical (unpaired) electrons. The van der Waals surface area contributed by atoms with Gasteiger partial charge in [-0.1, -0.05) is 0 Å². The van der Waals surface area contributed by atoms with Crippen LogP contribution in [0.5, 0.6) is 17.2 Å². The molecule has 2 rings (SSSR count). The molecule has 0 saturated heterocycles. The summed E-state index contributed by atoms with van der Waals surface area (Å²) in [5, 5.41) is 2.69. The third-order valence-electron chi connectivity index (χ3n) is 3.99. The Labute approximate surface area is 183 Å². The second kappa shape index (κ2) is 9.84. The Morgan fingerprint density at radius 1 is 0.935 bits per heavy atom. The van der Waals surface area contributed by atoms with Gasteiger partial charge in [0.25, 0.3) is 0 Å². The molecule has 0 heterocycles. The van der Waals surface area contributed by atoms with Crippen LogP contribution in [0, 0.1) is 0 Å². The van der Waals surface area contributed by atoms with Crippen molar-refractivity contribution in [2.45, 2.75) is 31.2 Å². The van der Waals surface area contributed by atoms with Crippen LogP contribution in [0.1, 0.15) is 26.3 Å². The SMILES string of the molecule is COc1cc(C=CC(=O)Nc2ccc(S(=O)(=O)NC(C)(C)C)cc2)cc(OC)c1OC. The summed E-state index contributed by atoms with van der Waals surface area (Å²) < 4.78 is 43.2. The van der Waals surface area contributed by atoms with Gasteiger partial charge in [-0.25, -0.2) is 13.1 Å². The predicted octanol–water partition coefficient (Wildman–Crippen LogP) is 3.44. The maximum Gasteiger partial charge on any atom is 0.248 e. The fourth-order valence-corrected chi connectivity index (χ4v) is 4.15. The van der Waals surface area contributed by atoms with Gasteiger partial charge in [0.15, 0.2) is 11.5 Å². The molecule has 0 aliphatic carbocycles. The molecule has 2 N–H and O–H groups in total. The fraction of sp³-hybridized carbons (Fsp3) is 0.318. The van der Waals surface area contributed by atoms with Crippen LogP contribution in [0.2, 0.25) is 0 Å². The summed E-state index contributed by atoms with van der Waals surface area (Å²) in [4.78, 5) is 12.4. The van der Waals surface area contributed by atoms with Gasteiger partial charge in [-0.15, -0.1) is 0 Å². The van der Waals surface area contributed by atoms with Gasteiger partial charge < -0.3 is 19.5 Å². The van der Waals surface area contributed by atoms with E-state index in [0.717, 1.165) is 0 Å². The van der Waals surface area contributed by atoms with Gasteiger partial charge in [0.1, 0.15) is 0 Å². The summed E-state index contributed by atoms with van der Waals surface area (Å²) >= 11 is 0. The monoisotopic (exact) mass is 448 g/mol. The Kier molecular flexibility index (Phi) is 7.70. The second-order valence-corrected chi connectivity index (χ2v) is 9.34. The van der Waals surface area contributed by atoms with Crippen molar-refractivity contribution < 1.29 is 27.4 Å². The van der Waals surface area contributed by atoms with Gasteiger partial charge >= 0.3 is 0 Å². The molecule has 0 bridgehead atoms. The first-order chi connectivity index (χ1) is 14.5. The summed E-state index contributed by atoms with van der Waals surface area (Å²) in [5.74, 6) is 1.03. The zero-order chi connectivity index (χ0) is 23.2. The lowest BCUT2D eigenvalue weighted by Gasteiger charge is -2.20. The maximum atomic E-state index is 12.4. The Bertz CT molecular complexity index is 1030. The molecule has 0 aliphatic heterocycles. The Balaban J connectivity index is 2.12. The van der Waals surface area contributed by atoms with Crippen LogP contribution >= 0.6 is 0 Å². The predicted molar refractivity (Wildman–Crippen MR) is 120 cm³/mol. The average molecular weight is 449 g/mol. The van der Waals surface area contributed by atoms with Crippen LogP contribution in [0.3, 0.4) is 0 Å². The van der Waals surface area contributed by atoms with Crippen molar-refractivity contribution in [2.24, 2.45) is 0 Å². The van der Waals surface area contributed by atoms with Crippen molar-refractivity contribution in [2.75, 3.05) is 26.6 Å². The highest BCUT2D eigenvalue weighted by molar-refractivity contribution is 7.89. The van der Waals surface area contributed by atoms with Crippen molar-refractivity contribution in [3.8, 4) is 17.2 Å². The van der Waals surface area contributed by atoms with Gasteiger partial charge in [-0.05, 0) is 68.8 Å². The summed E-state index contributed by atoms with van der Waals surface area (Å²) in [5.41, 5.74) is 0.553. The van der Waals surface area contributed by atoms with E-state index in [4.69, 9.17) is 14.2 Å². The van der Waals surface area contributed by atoms with E-state index in [1.807, 2.05) is 0 Å². The number of benzene rings is 2. The molecule has 2 aromatic carbocycles. The number of hydrogen-bond donors (Lipinski definition) is 2. The number of anilines is 1. The molecule has 0 unspecified atom stereocenters. The summed E-state index contributed by atoms with van der Waals surface area (Å²) in [7, 11) is 0.898. The number of carbonyl (C=O) groups is 1. The van der Waals surface area contributed by atoms with Gasteiger partial charge in [-0.3, -0.25) is 4.79 Å². The first kappa shape index (κ1) is 24.2. The van der Waals surface area contributed by atoms with E-state index in [1.165, 1.54) is 51.7 Å². The third kappa shape index (κ3) is 6.73. The van der Waals surface area contributed by atoms with Crippen LogP contribution in [0.15, 0.2) is 47.4 Å². The smallest absolute Gasteiger partial charge is 0.248 e. The highest BCUT2D eigenvalue weighted by Crippen LogP contribution is 2.38. The molecule has 0 spiro atoms. The van der Waals surface area contributed by atoms with E-state index in [9.17, 15) is 13.2 Å². The molecule has 0 aromatic heterocycles. The fourth-order valence-electron chi connectivity index (χ4n) is 2.73. The van der Waals surface area contributed by atoms with E-state index in [1.54, 1.807) is 39.0 Å². The summed E-state index contributed by atoms with van der Waals surface area (Å²) in [6.45, 7) is 5.29. The quantitative estimate of drug-likeness (QED) is 0.600. The topological polar surface area (TPSA) is 103 Å². The highest BCUT2D eigenvalue weighted by atomic mass is 32.2. The molecular weight excluding hydrogens is 420 g/mol. The molecule has 168 valence electrons. The Morgan fingerprint density at radius 3 is 1.94 bits per heavy atom. The number of nitrogens with one attached hydrogen (secondary N) is 2. The van der Waals surface area contributed by atoms with E-state index in [2.05, 4.69) is 10.0 Å². The molecule has 1 amide bonds. The maximum absolute atomic E-state index is 12.4. The van der Waals surface area contributed by atoms with Crippen LogP contribution in [0.25, 0.3) is 6.08 Å². The highest BCUT2D eigenvalue weighted by Gasteiger charge is 2.21. The van der Waals surface area contributed by atoms with Crippen LogP contribution in [-0.4, -0.2) is 41.2 Å². The molecule has 0 fully saturated rings. The number of hydrogen-bond acceptors (Lipinski definition) is 6. The van der Waals surface area contributed by atoms with Gasteiger partial charge in [0, 0.05) is 17.3 Å². The van der Waals surface area contributed by atoms with Crippen molar-refractivity contribution in [3.63, 3.8) is 0 Å². The number of carbonyl (C=O) groups excluding carboxylic acids is 1. The minimum Gasteiger partial charge on any atom is -0.493 e. The standard InChI is InChI=1S/C22H28N2O6S/c1-22(2,3)24-31(26,27)17-10-8-16(9-11-17)23-20(25)12-7-15-13-18(28-4)21(30-6)19(14-15)29-5/h7-14,24H,1-6H3,(H,23,25). The Morgan fingerprint density at radius 2 is 1.48 bits per heavy atom. The number of methoxy groups -OCH3 is 3. The Hall–Kier alpha value is -3.04. The summed E-state index contributed by atoms with van der Waals surface area (Å²) in [6.07, 6.45) is 2.96. The largest absolute Gasteiger partial charge is 0.493 e. The van der Waals surface area contributed by atoms with E-state index < -0.39 is 15.6 Å². The van der Waals surface area contributed by atoms with Crippen LogP contribution < -0.4 is 24.2 Å². The second-order valence-electron chi connectivity index (χ2n) is 7.66. The molecular formula is C22H28N2O6S. The van der Waals surface area contributed by atoms with Crippen LogP contribution in [-0.2, 0) is 14.8 Å². The number of amides is 1. The van der Waals surface area contributed by atoms with Gasteiger partial charge in [0.05, 0.1) is 26.2 Å². The third-order valence-corrected chi connectivity index (χ3v) is 5.76. The zero-order valence-corrected chi connectivity index (χ0v) is 19.3. The molecule has 0 atom stereocenters. The number of rotatable bonds is 8. The number of ether oxygens (including phenoxy) is 3. The first-order valence-corrected chi connectivity index (χ1v) is 10.9. The molecule has 2 aromatic rings. The van der Waals surface area contributed by atoms with Crippen molar-refractivity contribution in [3.05, 3.63) is 48.0 Å². The minimum absolute atomic E-state index is 0.119. The molecule has 8 nitrogen and oxygen atoms in total. The van der Waals surface area contributed by atoms with Crippen molar-refractivity contribution in [1.82, 2.24) is 4.72 Å². The van der Waals surface area contributed by atoms with E-state index >= 15 is 0 Å². The van der Waals surface area contributed by atoms with E-state index in [0.29, 0.717) is 28.5 Å². The van der Waals surface area contributed by atoms with Crippen molar-refractivity contribution in [1.29, 1.82) is 0 Å². The van der Waals surface area contributed by atoms with Gasteiger partial charge in [0.2, 0.25) is 21.7 Å². The van der Waals surface area contributed by atoms with E-state index in [-0.39, 0.29) is 10.8 Å². The van der Waals surface area contributed by atoms with Crippen molar-refractivity contribution >= 4 is 27.7 Å². The molecule has 0 saturated carbocycles. The average Bonchev–Trinajstić information content (AvgIpc) is 2.70. The lowest BCUT2D eigenvalue weighted by molar-refractivity contribution is -0.111. The summed E-state index contributed by atoms with van der Waals surface area (Å²) in [6, 6.07) is 9.37. The van der Waals surface area contributed by atoms with Gasteiger partial charge in [-0.2, -0.15) is 0 Å². The first-order valence-electron chi connectivity index (χ1n) is 9.42. The molecule has 9 heteroatoms.